The molecule has 2 nitrogen and oxygen atoms in total. The standard InChI is InChI=1S/C14H21BrN2/c15-13-7-11(9-17-10-13)8-14(16)12-5-3-1-2-4-6-12/h7,9-10,12,14H,1-6,8,16H2. The number of rotatable bonds is 3. The summed E-state index contributed by atoms with van der Waals surface area (Å²) >= 11 is 3.46. The average molecular weight is 297 g/mol. The third kappa shape index (κ3) is 4.07. The van der Waals surface area contributed by atoms with Crippen molar-refractivity contribution in [2.24, 2.45) is 11.7 Å². The smallest absolute Gasteiger partial charge is 0.0410 e. The van der Waals surface area contributed by atoms with E-state index in [0.717, 1.165) is 10.9 Å². The molecule has 0 amide bonds. The Kier molecular flexibility index (Phi) is 4.99. The molecule has 0 aliphatic heterocycles. The molecule has 94 valence electrons. The van der Waals surface area contributed by atoms with Crippen molar-refractivity contribution in [2.45, 2.75) is 51.0 Å². The Labute approximate surface area is 112 Å². The van der Waals surface area contributed by atoms with Gasteiger partial charge in [-0.25, -0.2) is 0 Å². The minimum atomic E-state index is 0.296. The van der Waals surface area contributed by atoms with Crippen molar-refractivity contribution in [1.82, 2.24) is 4.98 Å². The van der Waals surface area contributed by atoms with Crippen LogP contribution in [-0.4, -0.2) is 11.0 Å². The molecular formula is C14H21BrN2. The minimum absolute atomic E-state index is 0.296. The number of nitrogens with zero attached hydrogens (tertiary/aromatic N) is 1. The molecule has 1 heterocycles. The van der Waals surface area contributed by atoms with Crippen molar-refractivity contribution in [3.05, 3.63) is 28.5 Å². The van der Waals surface area contributed by atoms with E-state index in [1.807, 2.05) is 12.4 Å². The summed E-state index contributed by atoms with van der Waals surface area (Å²) in [6.45, 7) is 0. The van der Waals surface area contributed by atoms with Gasteiger partial charge in [0.05, 0.1) is 0 Å². The third-order valence-electron chi connectivity index (χ3n) is 3.74. The molecule has 0 spiro atoms. The van der Waals surface area contributed by atoms with Crippen molar-refractivity contribution in [1.29, 1.82) is 0 Å². The zero-order valence-electron chi connectivity index (χ0n) is 10.2. The van der Waals surface area contributed by atoms with E-state index in [1.54, 1.807) is 0 Å². The number of halogens is 1. The average Bonchev–Trinajstić information content (AvgIpc) is 2.57. The van der Waals surface area contributed by atoms with Crippen LogP contribution in [0.3, 0.4) is 0 Å². The SMILES string of the molecule is NC(Cc1cncc(Br)c1)C1CCCCCC1. The normalized spacial score (nSPS) is 19.9. The number of nitrogens with two attached hydrogens (primary N) is 1. The summed E-state index contributed by atoms with van der Waals surface area (Å²) in [6.07, 6.45) is 12.8. The van der Waals surface area contributed by atoms with Gasteiger partial charge in [-0.15, -0.1) is 0 Å². The Hall–Kier alpha value is -0.410. The van der Waals surface area contributed by atoms with Gasteiger partial charge in [0.15, 0.2) is 0 Å². The molecule has 2 rings (SSSR count). The maximum Gasteiger partial charge on any atom is 0.0410 e. The van der Waals surface area contributed by atoms with E-state index >= 15 is 0 Å². The third-order valence-corrected chi connectivity index (χ3v) is 4.17. The Morgan fingerprint density at radius 2 is 1.94 bits per heavy atom. The van der Waals surface area contributed by atoms with Gasteiger partial charge in [-0.05, 0) is 52.7 Å². The van der Waals surface area contributed by atoms with Crippen LogP contribution in [0.1, 0.15) is 44.1 Å². The summed E-state index contributed by atoms with van der Waals surface area (Å²) in [5.74, 6) is 0.705. The quantitative estimate of drug-likeness (QED) is 0.864. The maximum atomic E-state index is 6.36. The van der Waals surface area contributed by atoms with E-state index < -0.39 is 0 Å². The number of pyridine rings is 1. The molecule has 1 aliphatic carbocycles. The van der Waals surface area contributed by atoms with Crippen molar-refractivity contribution in [3.63, 3.8) is 0 Å². The lowest BCUT2D eigenvalue weighted by molar-refractivity contribution is 0.372. The highest BCUT2D eigenvalue weighted by Gasteiger charge is 2.19. The lowest BCUT2D eigenvalue weighted by Crippen LogP contribution is -2.32. The molecule has 1 aromatic rings. The van der Waals surface area contributed by atoms with Crippen molar-refractivity contribution in [2.75, 3.05) is 0 Å². The topological polar surface area (TPSA) is 38.9 Å². The molecule has 1 saturated carbocycles. The minimum Gasteiger partial charge on any atom is -0.327 e. The summed E-state index contributed by atoms with van der Waals surface area (Å²) in [4.78, 5) is 4.20. The van der Waals surface area contributed by atoms with Gasteiger partial charge in [0.2, 0.25) is 0 Å². The monoisotopic (exact) mass is 296 g/mol. The van der Waals surface area contributed by atoms with Crippen molar-refractivity contribution >= 4 is 15.9 Å². The zero-order chi connectivity index (χ0) is 12.1. The van der Waals surface area contributed by atoms with Gasteiger partial charge in [0, 0.05) is 22.9 Å². The molecular weight excluding hydrogens is 276 g/mol. The lowest BCUT2D eigenvalue weighted by Gasteiger charge is -2.22. The summed E-state index contributed by atoms with van der Waals surface area (Å²) in [5.41, 5.74) is 7.60. The van der Waals surface area contributed by atoms with E-state index in [4.69, 9.17) is 5.73 Å². The van der Waals surface area contributed by atoms with Gasteiger partial charge < -0.3 is 5.73 Å². The van der Waals surface area contributed by atoms with Crippen LogP contribution in [0.25, 0.3) is 0 Å². The zero-order valence-corrected chi connectivity index (χ0v) is 11.8. The maximum absolute atomic E-state index is 6.36. The number of hydrogen-bond acceptors (Lipinski definition) is 2. The van der Waals surface area contributed by atoms with E-state index in [1.165, 1.54) is 44.1 Å². The van der Waals surface area contributed by atoms with Crippen LogP contribution >= 0.6 is 15.9 Å². The second kappa shape index (κ2) is 6.50. The second-order valence-corrected chi connectivity index (χ2v) is 6.05. The van der Waals surface area contributed by atoms with Gasteiger partial charge >= 0.3 is 0 Å². The van der Waals surface area contributed by atoms with Crippen LogP contribution < -0.4 is 5.73 Å². The Morgan fingerprint density at radius 3 is 2.59 bits per heavy atom. The molecule has 0 saturated heterocycles. The first-order valence-corrected chi connectivity index (χ1v) is 7.40. The van der Waals surface area contributed by atoms with E-state index in [0.29, 0.717) is 12.0 Å². The van der Waals surface area contributed by atoms with E-state index in [-0.39, 0.29) is 0 Å². The fourth-order valence-corrected chi connectivity index (χ4v) is 3.16. The molecule has 2 N–H and O–H groups in total. The summed E-state index contributed by atoms with van der Waals surface area (Å²) < 4.78 is 1.04. The molecule has 1 atom stereocenters. The number of aromatic nitrogens is 1. The van der Waals surface area contributed by atoms with E-state index in [2.05, 4.69) is 27.0 Å². The predicted molar refractivity (Wildman–Crippen MR) is 74.8 cm³/mol. The summed E-state index contributed by atoms with van der Waals surface area (Å²) in [5, 5.41) is 0. The molecule has 3 heteroatoms. The van der Waals surface area contributed by atoms with Crippen LogP contribution in [0, 0.1) is 5.92 Å². The van der Waals surface area contributed by atoms with Crippen LogP contribution in [-0.2, 0) is 6.42 Å². The van der Waals surface area contributed by atoms with Crippen LogP contribution in [0.5, 0.6) is 0 Å². The fourth-order valence-electron chi connectivity index (χ4n) is 2.75. The fraction of sp³-hybridized carbons (Fsp3) is 0.643. The molecule has 1 aromatic heterocycles. The lowest BCUT2D eigenvalue weighted by atomic mass is 9.89. The van der Waals surface area contributed by atoms with Crippen molar-refractivity contribution < 1.29 is 0 Å². The second-order valence-electron chi connectivity index (χ2n) is 5.13. The number of hydrogen-bond donors (Lipinski definition) is 1. The first kappa shape index (κ1) is 13.0. The van der Waals surface area contributed by atoms with Crippen molar-refractivity contribution in [3.8, 4) is 0 Å². The van der Waals surface area contributed by atoms with Gasteiger partial charge in [-0.3, -0.25) is 4.98 Å². The largest absolute Gasteiger partial charge is 0.327 e. The highest BCUT2D eigenvalue weighted by molar-refractivity contribution is 9.10. The first-order chi connectivity index (χ1) is 8.25. The Balaban J connectivity index is 1.93. The van der Waals surface area contributed by atoms with E-state index in [9.17, 15) is 0 Å². The molecule has 0 bridgehead atoms. The molecule has 1 aliphatic rings. The predicted octanol–water partition coefficient (Wildman–Crippen LogP) is 3.68. The summed E-state index contributed by atoms with van der Waals surface area (Å²) in [7, 11) is 0. The molecule has 0 radical (unpaired) electrons. The molecule has 17 heavy (non-hydrogen) atoms. The van der Waals surface area contributed by atoms with Crippen LogP contribution in [0.2, 0.25) is 0 Å². The van der Waals surface area contributed by atoms with Gasteiger partial charge in [-0.1, -0.05) is 25.7 Å². The van der Waals surface area contributed by atoms with Gasteiger partial charge in [0.1, 0.15) is 0 Å². The van der Waals surface area contributed by atoms with Crippen LogP contribution in [0.15, 0.2) is 22.9 Å². The highest BCUT2D eigenvalue weighted by atomic mass is 79.9. The first-order valence-electron chi connectivity index (χ1n) is 6.61. The highest BCUT2D eigenvalue weighted by Crippen LogP contribution is 2.26. The van der Waals surface area contributed by atoms with Gasteiger partial charge in [-0.2, -0.15) is 0 Å². The van der Waals surface area contributed by atoms with Crippen LogP contribution in [0.4, 0.5) is 0 Å². The molecule has 1 unspecified atom stereocenters. The van der Waals surface area contributed by atoms with Gasteiger partial charge in [0.25, 0.3) is 0 Å². The summed E-state index contributed by atoms with van der Waals surface area (Å²) in [6, 6.07) is 2.42. The Morgan fingerprint density at radius 1 is 1.24 bits per heavy atom. The molecule has 0 aromatic carbocycles. The Bertz CT molecular complexity index is 346. The molecule has 1 fully saturated rings.